The first-order valence-corrected chi connectivity index (χ1v) is 16.1. The molecule has 8 heteroatoms. The number of imidazole rings is 1. The molecule has 3 atom stereocenters. The van der Waals surface area contributed by atoms with Gasteiger partial charge in [0.25, 0.3) is 0 Å². The van der Waals surface area contributed by atoms with E-state index in [0.29, 0.717) is 13.0 Å². The Morgan fingerprint density at radius 3 is 2.50 bits per heavy atom. The summed E-state index contributed by atoms with van der Waals surface area (Å²) in [7, 11) is -1.81. The van der Waals surface area contributed by atoms with Crippen LogP contribution < -0.4 is 9.62 Å². The Hall–Kier alpha value is -3.75. The molecule has 4 aromatic rings. The molecule has 1 fully saturated rings. The lowest BCUT2D eigenvalue weighted by Crippen LogP contribution is -2.37. The molecular formula is C34H38N4O3S. The first kappa shape index (κ1) is 28.4. The number of aryl methyl sites for hydroxylation is 2. The smallest absolute Gasteiger partial charge is 0.241 e. The van der Waals surface area contributed by atoms with Crippen molar-refractivity contribution in [2.45, 2.75) is 68.8 Å². The molecule has 0 unspecified atom stereocenters. The summed E-state index contributed by atoms with van der Waals surface area (Å²) in [6.45, 7) is 6.66. The molecule has 2 aliphatic carbocycles. The van der Waals surface area contributed by atoms with Crippen LogP contribution in [0.25, 0.3) is 0 Å². The molecule has 1 amide bonds. The number of nitrogens with zero attached hydrogens (tertiary/aromatic N) is 3. The molecule has 1 heterocycles. The summed E-state index contributed by atoms with van der Waals surface area (Å²) in [6, 6.07) is 22.8. The third-order valence-corrected chi connectivity index (χ3v) is 10.4. The van der Waals surface area contributed by atoms with E-state index < -0.39 is 16.1 Å². The summed E-state index contributed by atoms with van der Waals surface area (Å²) in [4.78, 5) is 20.7. The van der Waals surface area contributed by atoms with E-state index in [1.807, 2.05) is 72.1 Å². The summed E-state index contributed by atoms with van der Waals surface area (Å²) < 4.78 is 31.8. The largest absolute Gasteiger partial charge is 0.337 e. The van der Waals surface area contributed by atoms with E-state index in [-0.39, 0.29) is 28.1 Å². The van der Waals surface area contributed by atoms with Crippen LogP contribution in [-0.4, -0.2) is 23.9 Å². The Labute approximate surface area is 248 Å². The highest BCUT2D eigenvalue weighted by Gasteiger charge is 2.46. The number of benzene rings is 3. The van der Waals surface area contributed by atoms with E-state index >= 15 is 0 Å². The van der Waals surface area contributed by atoms with Crippen LogP contribution in [0.4, 0.5) is 5.69 Å². The van der Waals surface area contributed by atoms with Crippen LogP contribution in [0.2, 0.25) is 0 Å². The number of anilines is 1. The Bertz CT molecular complexity index is 1710. The van der Waals surface area contributed by atoms with Gasteiger partial charge in [-0.25, -0.2) is 18.1 Å². The molecule has 7 nitrogen and oxygen atoms in total. The highest BCUT2D eigenvalue weighted by Crippen LogP contribution is 2.49. The number of carbonyl (C=O) groups is 1. The van der Waals surface area contributed by atoms with Crippen molar-refractivity contribution in [3.63, 3.8) is 0 Å². The fourth-order valence-corrected chi connectivity index (χ4v) is 7.49. The molecule has 42 heavy (non-hydrogen) atoms. The number of rotatable bonds is 8. The highest BCUT2D eigenvalue weighted by molar-refractivity contribution is 7.89. The second-order valence-electron chi connectivity index (χ2n) is 12.4. The van der Waals surface area contributed by atoms with E-state index in [4.69, 9.17) is 0 Å². The maximum atomic E-state index is 14.1. The summed E-state index contributed by atoms with van der Waals surface area (Å²) >= 11 is 0. The molecule has 1 aromatic heterocycles. The zero-order valence-corrected chi connectivity index (χ0v) is 25.4. The van der Waals surface area contributed by atoms with Gasteiger partial charge in [-0.3, -0.25) is 4.79 Å². The third-order valence-electron chi connectivity index (χ3n) is 8.96. The fraction of sp³-hybridized carbons (Fsp3) is 0.353. The standard InChI is InChI=1S/C34H38N4O3S/c1-23-10-13-26(14-11-23)42(40,41)36-31-16-17-34(2,3)30-15-12-25(20-29(30)31)38(22-32-35-18-19-37(32)4)33(39)28-21-27(28)24-8-6-5-7-9-24/h5-15,18-20,27-28,31,36H,16-17,21-22H2,1-4H3/t27-,28+,31+/m1/s1. The van der Waals surface area contributed by atoms with Gasteiger partial charge >= 0.3 is 0 Å². The van der Waals surface area contributed by atoms with Gasteiger partial charge in [0.1, 0.15) is 5.82 Å². The number of nitrogens with one attached hydrogen (secondary N) is 1. The van der Waals surface area contributed by atoms with Gasteiger partial charge in [-0.05, 0) is 78.5 Å². The zero-order chi connectivity index (χ0) is 29.6. The second-order valence-corrected chi connectivity index (χ2v) is 14.1. The van der Waals surface area contributed by atoms with Gasteiger partial charge < -0.3 is 9.47 Å². The molecule has 0 bridgehead atoms. The van der Waals surface area contributed by atoms with Gasteiger partial charge in [0.05, 0.1) is 11.4 Å². The van der Waals surface area contributed by atoms with Crippen LogP contribution in [0.5, 0.6) is 0 Å². The summed E-state index contributed by atoms with van der Waals surface area (Å²) in [5.74, 6) is 0.956. The Kier molecular flexibility index (Phi) is 7.31. The second kappa shape index (κ2) is 10.8. The minimum Gasteiger partial charge on any atom is -0.337 e. The maximum Gasteiger partial charge on any atom is 0.241 e. The van der Waals surface area contributed by atoms with Crippen LogP contribution in [0, 0.1) is 12.8 Å². The molecule has 0 radical (unpaired) electrons. The van der Waals surface area contributed by atoms with Crippen molar-refractivity contribution in [1.29, 1.82) is 0 Å². The Morgan fingerprint density at radius 1 is 1.07 bits per heavy atom. The first-order valence-electron chi connectivity index (χ1n) is 14.6. The molecule has 1 N–H and O–H groups in total. The molecule has 2 aliphatic rings. The third kappa shape index (κ3) is 5.53. The van der Waals surface area contributed by atoms with Gasteiger partial charge in [0.2, 0.25) is 15.9 Å². The van der Waals surface area contributed by atoms with Crippen molar-refractivity contribution in [2.75, 3.05) is 4.90 Å². The predicted octanol–water partition coefficient (Wildman–Crippen LogP) is 6.16. The van der Waals surface area contributed by atoms with E-state index in [9.17, 15) is 13.2 Å². The van der Waals surface area contributed by atoms with Gasteiger partial charge in [0.15, 0.2) is 0 Å². The lowest BCUT2D eigenvalue weighted by molar-refractivity contribution is -0.120. The molecule has 0 aliphatic heterocycles. The van der Waals surface area contributed by atoms with Crippen molar-refractivity contribution >= 4 is 21.6 Å². The van der Waals surface area contributed by atoms with Crippen LogP contribution in [0.3, 0.4) is 0 Å². The van der Waals surface area contributed by atoms with E-state index in [1.165, 1.54) is 5.56 Å². The zero-order valence-electron chi connectivity index (χ0n) is 24.6. The summed E-state index contributed by atoms with van der Waals surface area (Å²) in [5.41, 5.74) is 4.86. The van der Waals surface area contributed by atoms with Crippen LogP contribution in [-0.2, 0) is 33.8 Å². The van der Waals surface area contributed by atoms with E-state index in [1.54, 1.807) is 18.3 Å². The van der Waals surface area contributed by atoms with Crippen molar-refractivity contribution in [2.24, 2.45) is 13.0 Å². The van der Waals surface area contributed by atoms with E-state index in [2.05, 4.69) is 41.8 Å². The number of hydrogen-bond acceptors (Lipinski definition) is 4. The molecular weight excluding hydrogens is 544 g/mol. The number of sulfonamides is 1. The van der Waals surface area contributed by atoms with Crippen LogP contribution in [0.15, 0.2) is 90.1 Å². The number of hydrogen-bond donors (Lipinski definition) is 1. The first-order chi connectivity index (χ1) is 20.0. The predicted molar refractivity (Wildman–Crippen MR) is 165 cm³/mol. The van der Waals surface area contributed by atoms with Crippen LogP contribution >= 0.6 is 0 Å². The maximum absolute atomic E-state index is 14.1. The number of aromatic nitrogens is 2. The lowest BCUT2D eigenvalue weighted by Gasteiger charge is -2.38. The highest BCUT2D eigenvalue weighted by atomic mass is 32.2. The monoisotopic (exact) mass is 582 g/mol. The number of carbonyl (C=O) groups excluding carboxylic acids is 1. The average molecular weight is 583 g/mol. The van der Waals surface area contributed by atoms with Gasteiger partial charge in [0, 0.05) is 37.1 Å². The summed E-state index contributed by atoms with van der Waals surface area (Å²) in [5, 5.41) is 0. The van der Waals surface area contributed by atoms with Crippen molar-refractivity contribution in [3.05, 3.63) is 113 Å². The number of amides is 1. The minimum atomic E-state index is -3.74. The van der Waals surface area contributed by atoms with Gasteiger partial charge in [-0.1, -0.05) is 67.9 Å². The molecule has 3 aromatic carbocycles. The average Bonchev–Trinajstić information content (AvgIpc) is 3.68. The van der Waals surface area contributed by atoms with Gasteiger partial charge in [-0.2, -0.15) is 0 Å². The van der Waals surface area contributed by atoms with E-state index in [0.717, 1.165) is 41.0 Å². The summed E-state index contributed by atoms with van der Waals surface area (Å²) in [6.07, 6.45) is 5.95. The molecule has 0 saturated heterocycles. The lowest BCUT2D eigenvalue weighted by atomic mass is 9.71. The number of fused-ring (bicyclic) bond motifs is 1. The molecule has 6 rings (SSSR count). The van der Waals surface area contributed by atoms with Crippen molar-refractivity contribution < 1.29 is 13.2 Å². The van der Waals surface area contributed by atoms with Crippen LogP contribution in [0.1, 0.15) is 73.1 Å². The van der Waals surface area contributed by atoms with Gasteiger partial charge in [-0.15, -0.1) is 0 Å². The Morgan fingerprint density at radius 2 is 1.81 bits per heavy atom. The minimum absolute atomic E-state index is 0.0682. The quantitative estimate of drug-likeness (QED) is 0.270. The molecule has 1 saturated carbocycles. The topological polar surface area (TPSA) is 84.3 Å². The molecule has 218 valence electrons. The van der Waals surface area contributed by atoms with Crippen molar-refractivity contribution in [1.82, 2.24) is 14.3 Å². The normalized spacial score (nSPS) is 21.0. The molecule has 0 spiro atoms. The Balaban J connectivity index is 1.36. The SMILES string of the molecule is Cc1ccc(S(=O)(=O)N[C@H]2CCC(C)(C)c3ccc(N(Cc4nccn4C)C(=O)[C@H]4C[C@@H]4c4ccccc4)cc32)cc1. The van der Waals surface area contributed by atoms with Crippen molar-refractivity contribution in [3.8, 4) is 0 Å². The fourth-order valence-electron chi connectivity index (χ4n) is 6.24.